The molecule has 0 unspecified atom stereocenters. The molecule has 4 heteroatoms. The summed E-state index contributed by atoms with van der Waals surface area (Å²) in [4.78, 5) is 0. The maximum Gasteiger partial charge on any atom is 0.0256 e. The van der Waals surface area contributed by atoms with Crippen LogP contribution in [0.3, 0.4) is 0 Å². The molecule has 0 spiro atoms. The SMILES string of the molecule is C1CCN(N2CCCCS2)SC1. The van der Waals surface area contributed by atoms with E-state index in [9.17, 15) is 0 Å². The predicted octanol–water partition coefficient (Wildman–Crippen LogP) is 2.39. The Balaban J connectivity index is 1.80. The molecule has 0 saturated carbocycles. The van der Waals surface area contributed by atoms with Crippen molar-refractivity contribution in [3.05, 3.63) is 0 Å². The lowest BCUT2D eigenvalue weighted by atomic mass is 10.3. The molecular weight excluding hydrogens is 188 g/mol. The van der Waals surface area contributed by atoms with Gasteiger partial charge in [-0.1, -0.05) is 23.9 Å². The van der Waals surface area contributed by atoms with E-state index in [2.05, 4.69) is 8.83 Å². The summed E-state index contributed by atoms with van der Waals surface area (Å²) in [5, 5.41) is 0. The minimum absolute atomic E-state index is 1.26. The Kier molecular flexibility index (Phi) is 3.63. The van der Waals surface area contributed by atoms with E-state index in [-0.39, 0.29) is 0 Å². The third-order valence-corrected chi connectivity index (χ3v) is 4.62. The first kappa shape index (κ1) is 9.19. The zero-order valence-electron chi connectivity index (χ0n) is 7.37. The number of hydrogen-bond acceptors (Lipinski definition) is 4. The lowest BCUT2D eigenvalue weighted by Crippen LogP contribution is -2.38. The van der Waals surface area contributed by atoms with Crippen LogP contribution in [0.25, 0.3) is 0 Å². The van der Waals surface area contributed by atoms with Crippen molar-refractivity contribution in [2.45, 2.75) is 25.7 Å². The summed E-state index contributed by atoms with van der Waals surface area (Å²) in [5.74, 6) is 2.63. The van der Waals surface area contributed by atoms with Crippen LogP contribution in [0.5, 0.6) is 0 Å². The van der Waals surface area contributed by atoms with Gasteiger partial charge in [-0.3, -0.25) is 0 Å². The number of rotatable bonds is 1. The number of hydrogen-bond donors (Lipinski definition) is 0. The minimum atomic E-state index is 1.26. The molecule has 0 aromatic carbocycles. The van der Waals surface area contributed by atoms with Crippen LogP contribution in [0, 0.1) is 0 Å². The van der Waals surface area contributed by atoms with Gasteiger partial charge >= 0.3 is 0 Å². The summed E-state index contributed by atoms with van der Waals surface area (Å²) in [6, 6.07) is 0. The van der Waals surface area contributed by atoms with Gasteiger partial charge < -0.3 is 0 Å². The molecule has 12 heavy (non-hydrogen) atoms. The Morgan fingerprint density at radius 1 is 0.667 bits per heavy atom. The van der Waals surface area contributed by atoms with Crippen molar-refractivity contribution in [3.8, 4) is 0 Å². The van der Waals surface area contributed by atoms with Gasteiger partial charge in [-0.2, -0.15) is 8.83 Å². The molecule has 2 rings (SSSR count). The van der Waals surface area contributed by atoms with Gasteiger partial charge in [0.2, 0.25) is 0 Å². The van der Waals surface area contributed by atoms with Crippen molar-refractivity contribution < 1.29 is 0 Å². The smallest absolute Gasteiger partial charge is 0.0256 e. The quantitative estimate of drug-likeness (QED) is 0.605. The molecule has 0 radical (unpaired) electrons. The summed E-state index contributed by atoms with van der Waals surface area (Å²) in [6.07, 6.45) is 5.56. The van der Waals surface area contributed by atoms with Crippen LogP contribution in [0.2, 0.25) is 0 Å². The first-order valence-electron chi connectivity index (χ1n) is 4.77. The molecule has 2 saturated heterocycles. The second-order valence-electron chi connectivity index (χ2n) is 3.23. The molecule has 0 N–H and O–H groups in total. The molecule has 2 aliphatic heterocycles. The van der Waals surface area contributed by atoms with E-state index in [1.54, 1.807) is 0 Å². The summed E-state index contributed by atoms with van der Waals surface area (Å²) >= 11 is 4.02. The largest absolute Gasteiger partial charge is 0.175 e. The van der Waals surface area contributed by atoms with Crippen molar-refractivity contribution in [2.24, 2.45) is 0 Å². The first-order valence-corrected chi connectivity index (χ1v) is 6.66. The van der Waals surface area contributed by atoms with Gasteiger partial charge in [0.05, 0.1) is 0 Å². The van der Waals surface area contributed by atoms with Gasteiger partial charge in [-0.15, -0.1) is 0 Å². The average Bonchev–Trinajstić information content (AvgIpc) is 2.21. The lowest BCUT2D eigenvalue weighted by Gasteiger charge is -2.37. The van der Waals surface area contributed by atoms with Crippen LogP contribution >= 0.6 is 23.9 Å². The number of nitrogens with zero attached hydrogens (tertiary/aromatic N) is 2. The van der Waals surface area contributed by atoms with Crippen LogP contribution in [-0.4, -0.2) is 33.4 Å². The van der Waals surface area contributed by atoms with E-state index in [1.807, 2.05) is 23.9 Å². The highest BCUT2D eigenvalue weighted by Crippen LogP contribution is 2.29. The first-order chi connectivity index (χ1) is 5.97. The Morgan fingerprint density at radius 3 is 1.50 bits per heavy atom. The van der Waals surface area contributed by atoms with Crippen LogP contribution in [0.4, 0.5) is 0 Å². The molecule has 0 aromatic rings. The lowest BCUT2D eigenvalue weighted by molar-refractivity contribution is 0.183. The van der Waals surface area contributed by atoms with Gasteiger partial charge in [0.15, 0.2) is 0 Å². The van der Waals surface area contributed by atoms with E-state index >= 15 is 0 Å². The van der Waals surface area contributed by atoms with Crippen molar-refractivity contribution in [3.63, 3.8) is 0 Å². The predicted molar refractivity (Wildman–Crippen MR) is 56.8 cm³/mol. The fraction of sp³-hybridized carbons (Fsp3) is 1.00. The normalized spacial score (nSPS) is 29.0. The Labute approximate surface area is 83.3 Å². The minimum Gasteiger partial charge on any atom is -0.175 e. The van der Waals surface area contributed by atoms with Gasteiger partial charge in [0.1, 0.15) is 0 Å². The maximum absolute atomic E-state index is 2.47. The van der Waals surface area contributed by atoms with E-state index in [4.69, 9.17) is 0 Å². The van der Waals surface area contributed by atoms with Crippen molar-refractivity contribution >= 4 is 23.9 Å². The topological polar surface area (TPSA) is 6.48 Å². The molecule has 0 aromatic heterocycles. The van der Waals surface area contributed by atoms with E-state index < -0.39 is 0 Å². The van der Waals surface area contributed by atoms with Crippen LogP contribution < -0.4 is 0 Å². The standard InChI is InChI=1S/C8H16N2S2/c1-3-7-11-9(5-1)10-6-2-4-8-12-10/h1-8H2. The summed E-state index contributed by atoms with van der Waals surface area (Å²) < 4.78 is 4.93. The van der Waals surface area contributed by atoms with Gasteiger partial charge in [0.25, 0.3) is 0 Å². The molecule has 0 aliphatic carbocycles. The molecule has 2 aliphatic rings. The molecule has 2 fully saturated rings. The highest BCUT2D eigenvalue weighted by atomic mass is 32.2. The van der Waals surface area contributed by atoms with E-state index in [1.165, 1.54) is 50.3 Å². The fourth-order valence-electron chi connectivity index (χ4n) is 1.52. The molecule has 2 heterocycles. The summed E-state index contributed by atoms with van der Waals surface area (Å²) in [5.41, 5.74) is 0. The van der Waals surface area contributed by atoms with E-state index in [0.29, 0.717) is 0 Å². The molecular formula is C8H16N2S2. The van der Waals surface area contributed by atoms with Gasteiger partial charge in [0, 0.05) is 24.6 Å². The molecule has 0 bridgehead atoms. The Hall–Kier alpha value is 0.620. The third kappa shape index (κ3) is 2.31. The van der Waals surface area contributed by atoms with Crippen LogP contribution in [-0.2, 0) is 0 Å². The molecule has 70 valence electrons. The molecule has 2 nitrogen and oxygen atoms in total. The Morgan fingerprint density at radius 2 is 1.17 bits per heavy atom. The third-order valence-electron chi connectivity index (χ3n) is 2.22. The van der Waals surface area contributed by atoms with Crippen molar-refractivity contribution in [1.29, 1.82) is 0 Å². The summed E-state index contributed by atoms with van der Waals surface area (Å²) in [7, 11) is 0. The molecule has 0 atom stereocenters. The van der Waals surface area contributed by atoms with Crippen LogP contribution in [0.15, 0.2) is 0 Å². The van der Waals surface area contributed by atoms with Gasteiger partial charge in [-0.25, -0.2) is 0 Å². The summed E-state index contributed by atoms with van der Waals surface area (Å²) in [6.45, 7) is 2.52. The highest BCUT2D eigenvalue weighted by Gasteiger charge is 2.21. The fourth-order valence-corrected chi connectivity index (χ4v) is 3.83. The van der Waals surface area contributed by atoms with Crippen LogP contribution in [0.1, 0.15) is 25.7 Å². The van der Waals surface area contributed by atoms with Crippen molar-refractivity contribution in [2.75, 3.05) is 24.6 Å². The molecule has 0 amide bonds. The number of hydrazine groups is 1. The van der Waals surface area contributed by atoms with E-state index in [0.717, 1.165) is 0 Å². The second-order valence-corrected chi connectivity index (χ2v) is 5.41. The zero-order chi connectivity index (χ0) is 8.23. The second kappa shape index (κ2) is 4.74. The monoisotopic (exact) mass is 204 g/mol. The average molecular weight is 204 g/mol. The van der Waals surface area contributed by atoms with Crippen molar-refractivity contribution in [1.82, 2.24) is 8.83 Å². The maximum atomic E-state index is 2.47. The van der Waals surface area contributed by atoms with Gasteiger partial charge in [-0.05, 0) is 25.7 Å². The zero-order valence-corrected chi connectivity index (χ0v) is 9.00. The Bertz CT molecular complexity index is 115. The highest BCUT2D eigenvalue weighted by molar-refractivity contribution is 7.99.